The minimum absolute atomic E-state index is 0.0320. The van der Waals surface area contributed by atoms with Gasteiger partial charge in [0, 0.05) is 34.0 Å². The molecule has 8 rings (SSSR count). The van der Waals surface area contributed by atoms with Crippen LogP contribution in [0.3, 0.4) is 0 Å². The highest BCUT2D eigenvalue weighted by atomic mass is 32.1. The van der Waals surface area contributed by atoms with Crippen molar-refractivity contribution in [3.05, 3.63) is 130 Å². The summed E-state index contributed by atoms with van der Waals surface area (Å²) >= 11 is 1.84. The number of fused-ring (bicyclic) bond motifs is 4. The van der Waals surface area contributed by atoms with Crippen LogP contribution in [0, 0.1) is 0 Å². The lowest BCUT2D eigenvalue weighted by Crippen LogP contribution is -2.62. The van der Waals surface area contributed by atoms with Gasteiger partial charge >= 0.3 is 0 Å². The van der Waals surface area contributed by atoms with Gasteiger partial charge in [-0.25, -0.2) is 4.98 Å². The zero-order valence-electron chi connectivity index (χ0n) is 41.1. The largest absolute Gasteiger partial charge is 0.311 e. The number of aromatic nitrogens is 1. The highest BCUT2D eigenvalue weighted by Gasteiger charge is 2.47. The first-order valence-electron chi connectivity index (χ1n) is 22.8. The van der Waals surface area contributed by atoms with Crippen molar-refractivity contribution >= 4 is 68.0 Å². The Hall–Kier alpha value is -4.61. The molecule has 1 aromatic heterocycles. The molecule has 6 aromatic rings. The van der Waals surface area contributed by atoms with Gasteiger partial charge in [-0.2, -0.15) is 0 Å². The number of anilines is 6. The summed E-state index contributed by atoms with van der Waals surface area (Å²) in [5.41, 5.74) is 18.9. The SMILES string of the molecule is CC(C)(C)c1ccc(-c2nc3c(s2)N(c2cc(C(C)(C)C)cc(C(C)(C)C)c2)c2cc(C(C)(C)C)cc4c2B3c2cc(C(C)(C)C)ccc2N4c2ccc(C(C)(C)C)cc2)cc1. The number of nitrogens with zero attached hydrogens (tertiary/aromatic N) is 3. The van der Waals surface area contributed by atoms with Crippen LogP contribution in [0.4, 0.5) is 33.4 Å². The van der Waals surface area contributed by atoms with Gasteiger partial charge in [0.2, 0.25) is 0 Å². The Morgan fingerprint density at radius 2 is 0.839 bits per heavy atom. The molecule has 0 radical (unpaired) electrons. The Labute approximate surface area is 379 Å². The van der Waals surface area contributed by atoms with Crippen molar-refractivity contribution in [3.8, 4) is 10.6 Å². The summed E-state index contributed by atoms with van der Waals surface area (Å²) in [6.45, 7) is 41.8. The van der Waals surface area contributed by atoms with E-state index >= 15 is 0 Å². The first-order chi connectivity index (χ1) is 28.5. The molecule has 0 atom stereocenters. The van der Waals surface area contributed by atoms with Crippen LogP contribution < -0.4 is 26.3 Å². The molecule has 0 saturated carbocycles. The highest BCUT2D eigenvalue weighted by Crippen LogP contribution is 2.50. The maximum absolute atomic E-state index is 5.81. The number of rotatable bonds is 3. The van der Waals surface area contributed by atoms with Crippen molar-refractivity contribution in [2.45, 2.75) is 157 Å². The maximum atomic E-state index is 5.81. The summed E-state index contributed by atoms with van der Waals surface area (Å²) in [5, 5.41) is 2.26. The van der Waals surface area contributed by atoms with Crippen molar-refractivity contribution in [1.82, 2.24) is 4.98 Å². The fourth-order valence-corrected chi connectivity index (χ4v) is 10.2. The number of benzene rings is 5. The molecule has 0 amide bonds. The van der Waals surface area contributed by atoms with Crippen molar-refractivity contribution in [3.63, 3.8) is 0 Å². The van der Waals surface area contributed by atoms with Gasteiger partial charge in [-0.15, -0.1) is 0 Å². The van der Waals surface area contributed by atoms with Crippen molar-refractivity contribution in [2.24, 2.45) is 0 Å². The van der Waals surface area contributed by atoms with Crippen molar-refractivity contribution in [1.29, 1.82) is 0 Å². The third-order valence-corrected chi connectivity index (χ3v) is 14.3. The predicted molar refractivity (Wildman–Crippen MR) is 274 cm³/mol. The van der Waals surface area contributed by atoms with Gasteiger partial charge in [0.25, 0.3) is 6.71 Å². The van der Waals surface area contributed by atoms with Crippen LogP contribution in [0.2, 0.25) is 0 Å². The molecule has 5 aromatic carbocycles. The second-order valence-electron chi connectivity index (χ2n) is 24.4. The van der Waals surface area contributed by atoms with Gasteiger partial charge in [-0.05, 0) is 119 Å². The van der Waals surface area contributed by atoms with E-state index in [1.807, 2.05) is 11.3 Å². The third-order valence-electron chi connectivity index (χ3n) is 13.2. The highest BCUT2D eigenvalue weighted by molar-refractivity contribution is 7.22. The van der Waals surface area contributed by atoms with Crippen molar-refractivity contribution < 1.29 is 0 Å². The Morgan fingerprint density at radius 1 is 0.403 bits per heavy atom. The van der Waals surface area contributed by atoms with E-state index in [1.165, 1.54) is 77.7 Å². The molecule has 3 heterocycles. The minimum atomic E-state index is -0.109. The quantitative estimate of drug-likeness (QED) is 0.165. The average molecular weight is 840 g/mol. The van der Waals surface area contributed by atoms with Crippen LogP contribution in [0.15, 0.2) is 97.1 Å². The van der Waals surface area contributed by atoms with Crippen LogP contribution in [0.1, 0.15) is 158 Å². The van der Waals surface area contributed by atoms with Gasteiger partial charge in [-0.1, -0.05) is 191 Å². The van der Waals surface area contributed by atoms with Crippen molar-refractivity contribution in [2.75, 3.05) is 9.80 Å². The van der Waals surface area contributed by atoms with E-state index in [9.17, 15) is 0 Å². The molecule has 62 heavy (non-hydrogen) atoms. The van der Waals surface area contributed by atoms with E-state index < -0.39 is 0 Å². The lowest BCUT2D eigenvalue weighted by molar-refractivity contribution is 0.569. The summed E-state index contributed by atoms with van der Waals surface area (Å²) in [6.07, 6.45) is 0. The molecular formula is C57H70BN3S. The van der Waals surface area contributed by atoms with E-state index in [-0.39, 0.29) is 39.2 Å². The number of thiazole rings is 1. The maximum Gasteiger partial charge on any atom is 0.276 e. The summed E-state index contributed by atoms with van der Waals surface area (Å²) in [4.78, 5) is 11.0. The summed E-state index contributed by atoms with van der Waals surface area (Å²) < 4.78 is 0. The zero-order valence-corrected chi connectivity index (χ0v) is 41.9. The topological polar surface area (TPSA) is 19.4 Å². The molecule has 0 spiro atoms. The smallest absolute Gasteiger partial charge is 0.276 e. The average Bonchev–Trinajstić information content (AvgIpc) is 3.60. The van der Waals surface area contributed by atoms with E-state index in [4.69, 9.17) is 4.98 Å². The standard InChI is InChI=1S/C57H70BN3S/c1-52(2,3)36-21-19-35(20-22-36)50-59-49-51(62-50)61(43-30-39(55(10,11)12)29-40(31-43)56(13,14)15)47-34-41(57(16,17)18)33-46-48(47)58(49)44-32-38(54(7,8)9)25-28-45(44)60(46)42-26-23-37(24-27-42)53(4,5)6/h19-34H,1-18H3. The first-order valence-corrected chi connectivity index (χ1v) is 23.6. The molecule has 0 unspecified atom stereocenters. The molecule has 0 aliphatic carbocycles. The fraction of sp³-hybridized carbons (Fsp3) is 0.421. The van der Waals surface area contributed by atoms with Crippen LogP contribution in [0.5, 0.6) is 0 Å². The van der Waals surface area contributed by atoms with E-state index in [1.54, 1.807) is 0 Å². The zero-order chi connectivity index (χ0) is 45.3. The Morgan fingerprint density at radius 3 is 1.32 bits per heavy atom. The fourth-order valence-electron chi connectivity index (χ4n) is 9.02. The molecule has 0 saturated heterocycles. The number of hydrogen-bond acceptors (Lipinski definition) is 4. The normalized spacial score (nSPS) is 14.5. The second-order valence-corrected chi connectivity index (χ2v) is 25.4. The van der Waals surface area contributed by atoms with Gasteiger partial charge in [0.1, 0.15) is 10.0 Å². The Bertz CT molecular complexity index is 2640. The van der Waals surface area contributed by atoms with Crippen LogP contribution in [-0.4, -0.2) is 11.7 Å². The molecule has 0 bridgehead atoms. The summed E-state index contributed by atoms with van der Waals surface area (Å²) in [5.74, 6) is 0. The number of hydrogen-bond donors (Lipinski definition) is 0. The van der Waals surface area contributed by atoms with Gasteiger partial charge < -0.3 is 9.80 Å². The molecule has 0 fully saturated rings. The monoisotopic (exact) mass is 840 g/mol. The van der Waals surface area contributed by atoms with Gasteiger partial charge in [-0.3, -0.25) is 0 Å². The van der Waals surface area contributed by atoms with E-state index in [0.29, 0.717) is 0 Å². The summed E-state index contributed by atoms with van der Waals surface area (Å²) in [6, 6.07) is 38.2. The molecular weight excluding hydrogens is 770 g/mol. The van der Waals surface area contributed by atoms with E-state index in [0.717, 1.165) is 16.2 Å². The summed E-state index contributed by atoms with van der Waals surface area (Å²) in [7, 11) is 0. The molecule has 5 heteroatoms. The first kappa shape index (κ1) is 44.0. The molecule has 3 nitrogen and oxygen atoms in total. The third kappa shape index (κ3) is 7.86. The molecule has 0 N–H and O–H groups in total. The lowest BCUT2D eigenvalue weighted by Gasteiger charge is -2.44. The predicted octanol–water partition coefficient (Wildman–Crippen LogP) is 14.7. The Kier molecular flexibility index (Phi) is 10.3. The minimum Gasteiger partial charge on any atom is -0.311 e. The van der Waals surface area contributed by atoms with Gasteiger partial charge in [0.05, 0.1) is 5.59 Å². The molecule has 322 valence electrons. The molecule has 2 aliphatic heterocycles. The second kappa shape index (κ2) is 14.5. The van der Waals surface area contributed by atoms with Gasteiger partial charge in [0.15, 0.2) is 0 Å². The van der Waals surface area contributed by atoms with Crippen LogP contribution >= 0.6 is 11.3 Å². The Balaban J connectivity index is 1.51. The van der Waals surface area contributed by atoms with Crippen LogP contribution in [-0.2, 0) is 32.5 Å². The van der Waals surface area contributed by atoms with Crippen LogP contribution in [0.25, 0.3) is 10.6 Å². The van der Waals surface area contributed by atoms with E-state index in [2.05, 4.69) is 231 Å². The lowest BCUT2D eigenvalue weighted by atomic mass is 9.35. The molecule has 2 aliphatic rings.